The second kappa shape index (κ2) is 9.16. The topological polar surface area (TPSA) is 38.3 Å². The molecule has 0 radical (unpaired) electrons. The standard InChI is InChI=1S/C18H26FNO2S/c1-13-4-3-5-17(14(13)2)20-18(21)12-23-11-10-22-16-8-6-15(19)7-9-16/h6-9,13-14,17H,3-5,10-12H2,1-2H3,(H,20,21)/t13-,14-,17+/m1/s1. The van der Waals surface area contributed by atoms with E-state index in [1.807, 2.05) is 0 Å². The van der Waals surface area contributed by atoms with Crippen molar-refractivity contribution in [3.8, 4) is 5.75 Å². The summed E-state index contributed by atoms with van der Waals surface area (Å²) in [5.74, 6) is 2.94. The molecule has 0 spiro atoms. The Kier molecular flexibility index (Phi) is 7.21. The van der Waals surface area contributed by atoms with Gasteiger partial charge in [-0.2, -0.15) is 0 Å². The number of ether oxygens (including phenoxy) is 1. The van der Waals surface area contributed by atoms with Crippen molar-refractivity contribution in [2.45, 2.75) is 39.2 Å². The molecule has 0 aromatic heterocycles. The molecule has 0 heterocycles. The van der Waals surface area contributed by atoms with Gasteiger partial charge in [-0.1, -0.05) is 26.7 Å². The lowest BCUT2D eigenvalue weighted by Gasteiger charge is -2.34. The van der Waals surface area contributed by atoms with Crippen LogP contribution in [0.1, 0.15) is 33.1 Å². The highest BCUT2D eigenvalue weighted by molar-refractivity contribution is 7.99. The van der Waals surface area contributed by atoms with E-state index in [9.17, 15) is 9.18 Å². The van der Waals surface area contributed by atoms with E-state index in [1.54, 1.807) is 23.9 Å². The Bertz CT molecular complexity index is 494. The van der Waals surface area contributed by atoms with Crippen LogP contribution >= 0.6 is 11.8 Å². The Morgan fingerprint density at radius 2 is 2.04 bits per heavy atom. The molecule has 1 saturated carbocycles. The number of thioether (sulfide) groups is 1. The fourth-order valence-electron chi connectivity index (χ4n) is 2.95. The molecule has 128 valence electrons. The zero-order valence-corrected chi connectivity index (χ0v) is 14.7. The molecular weight excluding hydrogens is 313 g/mol. The first-order chi connectivity index (χ1) is 11.1. The molecule has 3 nitrogen and oxygen atoms in total. The lowest BCUT2D eigenvalue weighted by atomic mass is 9.78. The molecule has 1 aromatic rings. The van der Waals surface area contributed by atoms with Gasteiger partial charge in [-0.15, -0.1) is 11.8 Å². The minimum absolute atomic E-state index is 0.114. The summed E-state index contributed by atoms with van der Waals surface area (Å²) in [7, 11) is 0. The third-order valence-electron chi connectivity index (χ3n) is 4.60. The Morgan fingerprint density at radius 3 is 2.78 bits per heavy atom. The van der Waals surface area contributed by atoms with Crippen molar-refractivity contribution < 1.29 is 13.9 Å². The maximum absolute atomic E-state index is 12.8. The fraction of sp³-hybridized carbons (Fsp3) is 0.611. The number of hydrogen-bond donors (Lipinski definition) is 1. The Morgan fingerprint density at radius 1 is 1.30 bits per heavy atom. The fourth-order valence-corrected chi connectivity index (χ4v) is 3.56. The molecule has 5 heteroatoms. The molecule has 0 aliphatic heterocycles. The van der Waals surface area contributed by atoms with Crippen LogP contribution in [0.15, 0.2) is 24.3 Å². The van der Waals surface area contributed by atoms with E-state index in [-0.39, 0.29) is 11.7 Å². The second-order valence-corrected chi connectivity index (χ2v) is 7.40. The highest BCUT2D eigenvalue weighted by Crippen LogP contribution is 2.29. The van der Waals surface area contributed by atoms with Crippen LogP contribution in [0, 0.1) is 17.7 Å². The van der Waals surface area contributed by atoms with Gasteiger partial charge in [0.15, 0.2) is 0 Å². The van der Waals surface area contributed by atoms with E-state index >= 15 is 0 Å². The quantitative estimate of drug-likeness (QED) is 0.766. The predicted octanol–water partition coefficient (Wildman–Crippen LogP) is 3.88. The molecule has 1 aliphatic rings. The SMILES string of the molecule is C[C@@H]1[C@H](C)CCC[C@@H]1NC(=O)CSCCOc1ccc(F)cc1. The molecule has 23 heavy (non-hydrogen) atoms. The number of rotatable bonds is 7. The Labute approximate surface area is 142 Å². The van der Waals surface area contributed by atoms with Crippen LogP contribution in [0.3, 0.4) is 0 Å². The molecule has 0 unspecified atom stereocenters. The van der Waals surface area contributed by atoms with Crippen molar-refractivity contribution in [3.63, 3.8) is 0 Å². The summed E-state index contributed by atoms with van der Waals surface area (Å²) in [6.07, 6.45) is 3.56. The van der Waals surface area contributed by atoms with Gasteiger partial charge in [-0.25, -0.2) is 4.39 Å². The van der Waals surface area contributed by atoms with Crippen LogP contribution in [-0.2, 0) is 4.79 Å². The van der Waals surface area contributed by atoms with E-state index in [2.05, 4.69) is 19.2 Å². The van der Waals surface area contributed by atoms with Crippen LogP contribution in [0.5, 0.6) is 5.75 Å². The molecule has 1 N–H and O–H groups in total. The van der Waals surface area contributed by atoms with Crippen LogP contribution in [-0.4, -0.2) is 30.1 Å². The van der Waals surface area contributed by atoms with Gasteiger partial charge in [0.2, 0.25) is 5.91 Å². The summed E-state index contributed by atoms with van der Waals surface area (Å²) in [5.41, 5.74) is 0. The maximum atomic E-state index is 12.8. The number of amides is 1. The van der Waals surface area contributed by atoms with Gasteiger partial charge in [-0.3, -0.25) is 4.79 Å². The van der Waals surface area contributed by atoms with Crippen LogP contribution in [0.2, 0.25) is 0 Å². The van der Waals surface area contributed by atoms with E-state index in [1.165, 1.54) is 25.0 Å². The third-order valence-corrected chi connectivity index (χ3v) is 5.52. The highest BCUT2D eigenvalue weighted by Gasteiger charge is 2.27. The first-order valence-electron chi connectivity index (χ1n) is 8.31. The number of carbonyl (C=O) groups excluding carboxylic acids is 1. The molecule has 0 bridgehead atoms. The van der Waals surface area contributed by atoms with Crippen molar-refractivity contribution in [1.82, 2.24) is 5.32 Å². The van der Waals surface area contributed by atoms with Gasteiger partial charge in [0.25, 0.3) is 0 Å². The van der Waals surface area contributed by atoms with Gasteiger partial charge in [0.05, 0.1) is 12.4 Å². The van der Waals surface area contributed by atoms with E-state index in [0.29, 0.717) is 36.0 Å². The van der Waals surface area contributed by atoms with Crippen molar-refractivity contribution in [2.75, 3.05) is 18.1 Å². The third kappa shape index (κ3) is 6.05. The summed E-state index contributed by atoms with van der Waals surface area (Å²) < 4.78 is 18.3. The van der Waals surface area contributed by atoms with Crippen molar-refractivity contribution >= 4 is 17.7 Å². The summed E-state index contributed by atoms with van der Waals surface area (Å²) in [5, 5.41) is 3.17. The Balaban J connectivity index is 1.58. The molecular formula is C18H26FNO2S. The van der Waals surface area contributed by atoms with Crippen LogP contribution in [0.4, 0.5) is 4.39 Å². The zero-order chi connectivity index (χ0) is 16.7. The Hall–Kier alpha value is -1.23. The van der Waals surface area contributed by atoms with Crippen molar-refractivity contribution in [3.05, 3.63) is 30.1 Å². The molecule has 1 aliphatic carbocycles. The van der Waals surface area contributed by atoms with E-state index in [0.717, 1.165) is 12.2 Å². The van der Waals surface area contributed by atoms with Gasteiger partial charge < -0.3 is 10.1 Å². The predicted molar refractivity (Wildman–Crippen MR) is 93.3 cm³/mol. The second-order valence-electron chi connectivity index (χ2n) is 6.30. The minimum atomic E-state index is -0.269. The summed E-state index contributed by atoms with van der Waals surface area (Å²) >= 11 is 1.56. The highest BCUT2D eigenvalue weighted by atomic mass is 32.2. The van der Waals surface area contributed by atoms with Gasteiger partial charge in [0, 0.05) is 11.8 Å². The normalized spacial score (nSPS) is 24.2. The molecule has 0 saturated heterocycles. The average Bonchev–Trinajstić information content (AvgIpc) is 2.53. The van der Waals surface area contributed by atoms with Crippen molar-refractivity contribution in [2.24, 2.45) is 11.8 Å². The van der Waals surface area contributed by atoms with E-state index < -0.39 is 0 Å². The average molecular weight is 339 g/mol. The summed E-state index contributed by atoms with van der Waals surface area (Å²) in [6.45, 7) is 5.02. The lowest BCUT2D eigenvalue weighted by molar-refractivity contribution is -0.119. The molecule has 1 fully saturated rings. The van der Waals surface area contributed by atoms with Gasteiger partial charge in [0.1, 0.15) is 11.6 Å². The van der Waals surface area contributed by atoms with Gasteiger partial charge >= 0.3 is 0 Å². The summed E-state index contributed by atoms with van der Waals surface area (Å²) in [6, 6.07) is 6.29. The van der Waals surface area contributed by atoms with E-state index in [4.69, 9.17) is 4.74 Å². The first-order valence-corrected chi connectivity index (χ1v) is 9.47. The zero-order valence-electron chi connectivity index (χ0n) is 13.9. The maximum Gasteiger partial charge on any atom is 0.230 e. The van der Waals surface area contributed by atoms with Crippen LogP contribution in [0.25, 0.3) is 0 Å². The number of hydrogen-bond acceptors (Lipinski definition) is 3. The first kappa shape index (κ1) is 18.1. The summed E-state index contributed by atoms with van der Waals surface area (Å²) in [4.78, 5) is 12.0. The molecule has 2 rings (SSSR count). The molecule has 1 aromatic carbocycles. The van der Waals surface area contributed by atoms with Crippen LogP contribution < -0.4 is 10.1 Å². The molecule has 1 amide bonds. The number of halogens is 1. The largest absolute Gasteiger partial charge is 0.493 e. The molecule has 3 atom stereocenters. The monoisotopic (exact) mass is 339 g/mol. The number of nitrogens with one attached hydrogen (secondary N) is 1. The van der Waals surface area contributed by atoms with Gasteiger partial charge in [-0.05, 0) is 42.5 Å². The lowest BCUT2D eigenvalue weighted by Crippen LogP contribution is -2.44. The number of carbonyl (C=O) groups is 1. The minimum Gasteiger partial charge on any atom is -0.493 e. The van der Waals surface area contributed by atoms with Crippen molar-refractivity contribution in [1.29, 1.82) is 0 Å². The smallest absolute Gasteiger partial charge is 0.230 e. The number of benzene rings is 1.